The topological polar surface area (TPSA) is 98.5 Å². The zero-order valence-electron chi connectivity index (χ0n) is 15.2. The number of hydrogen-bond donors (Lipinski definition) is 1. The average Bonchev–Trinajstić information content (AvgIpc) is 2.61. The Labute approximate surface area is 155 Å². The predicted molar refractivity (Wildman–Crippen MR) is 99.6 cm³/mol. The molecule has 0 fully saturated rings. The van der Waals surface area contributed by atoms with Crippen LogP contribution in [0.3, 0.4) is 0 Å². The molecule has 3 aromatic rings. The Hall–Kier alpha value is -3.48. The molecule has 0 atom stereocenters. The van der Waals surface area contributed by atoms with Gasteiger partial charge in [0.25, 0.3) is 5.91 Å². The largest absolute Gasteiger partial charge is 0.461 e. The molecule has 3 rings (SSSR count). The van der Waals surface area contributed by atoms with Gasteiger partial charge in [0.1, 0.15) is 12.2 Å². The van der Waals surface area contributed by atoms with Crippen LogP contribution in [-0.2, 0) is 16.1 Å². The Morgan fingerprint density at radius 2 is 2.00 bits per heavy atom. The molecule has 27 heavy (non-hydrogen) atoms. The average molecular weight is 366 g/mol. The zero-order valence-corrected chi connectivity index (χ0v) is 15.2. The van der Waals surface area contributed by atoms with Gasteiger partial charge in [0.2, 0.25) is 0 Å². The van der Waals surface area contributed by atoms with E-state index < -0.39 is 17.5 Å². The van der Waals surface area contributed by atoms with E-state index in [4.69, 9.17) is 9.15 Å². The lowest BCUT2D eigenvalue weighted by Gasteiger charge is -2.10. The van der Waals surface area contributed by atoms with Crippen molar-refractivity contribution in [2.75, 3.05) is 5.32 Å². The van der Waals surface area contributed by atoms with E-state index in [9.17, 15) is 14.4 Å². The van der Waals surface area contributed by atoms with Gasteiger partial charge in [-0.2, -0.15) is 0 Å². The van der Waals surface area contributed by atoms with Gasteiger partial charge in [-0.1, -0.05) is 12.1 Å². The fourth-order valence-electron chi connectivity index (χ4n) is 2.66. The molecule has 0 saturated carbocycles. The monoisotopic (exact) mass is 366 g/mol. The van der Waals surface area contributed by atoms with Crippen molar-refractivity contribution in [1.82, 2.24) is 4.98 Å². The summed E-state index contributed by atoms with van der Waals surface area (Å²) in [7, 11) is 0. The van der Waals surface area contributed by atoms with Gasteiger partial charge in [-0.15, -0.1) is 0 Å². The molecule has 0 saturated heterocycles. The molecule has 1 aromatic carbocycles. The maximum absolute atomic E-state index is 12.6. The minimum Gasteiger partial charge on any atom is -0.461 e. The standard InChI is InChI=1S/C20H18N2O5/c1-11-5-4-6-15(7-11)22-19(24)17-8-16-14(10-26-13(3)23)9-21-12(2)18(16)27-20(17)25/h4-9H,10H2,1-3H3,(H,22,24). The van der Waals surface area contributed by atoms with Crippen LogP contribution in [0.5, 0.6) is 0 Å². The summed E-state index contributed by atoms with van der Waals surface area (Å²) < 4.78 is 10.4. The number of benzene rings is 1. The van der Waals surface area contributed by atoms with Crippen LogP contribution in [0.1, 0.15) is 34.1 Å². The number of anilines is 1. The van der Waals surface area contributed by atoms with Crippen LogP contribution in [0.15, 0.2) is 45.7 Å². The lowest BCUT2D eigenvalue weighted by Crippen LogP contribution is -2.21. The van der Waals surface area contributed by atoms with Crippen LogP contribution >= 0.6 is 0 Å². The third-order valence-electron chi connectivity index (χ3n) is 3.99. The number of hydrogen-bond acceptors (Lipinski definition) is 6. The summed E-state index contributed by atoms with van der Waals surface area (Å²) in [6.45, 7) is 4.85. The van der Waals surface area contributed by atoms with Crippen LogP contribution in [0, 0.1) is 13.8 Å². The Balaban J connectivity index is 2.03. The third kappa shape index (κ3) is 4.03. The summed E-state index contributed by atoms with van der Waals surface area (Å²) in [6, 6.07) is 8.67. The molecule has 0 radical (unpaired) electrons. The highest BCUT2D eigenvalue weighted by Crippen LogP contribution is 2.22. The first-order valence-corrected chi connectivity index (χ1v) is 8.29. The van der Waals surface area contributed by atoms with Gasteiger partial charge in [-0.25, -0.2) is 4.79 Å². The van der Waals surface area contributed by atoms with Gasteiger partial charge < -0.3 is 14.5 Å². The Kier molecular flexibility index (Phi) is 5.03. The van der Waals surface area contributed by atoms with Crippen LogP contribution < -0.4 is 10.9 Å². The number of fused-ring (bicyclic) bond motifs is 1. The maximum atomic E-state index is 12.6. The van der Waals surface area contributed by atoms with Gasteiger partial charge in [0.05, 0.1) is 5.69 Å². The molecule has 1 N–H and O–H groups in total. The predicted octanol–water partition coefficient (Wildman–Crippen LogP) is 3.12. The molecule has 0 unspecified atom stereocenters. The summed E-state index contributed by atoms with van der Waals surface area (Å²) in [5.74, 6) is -1.03. The molecule has 0 bridgehead atoms. The summed E-state index contributed by atoms with van der Waals surface area (Å²) >= 11 is 0. The first-order chi connectivity index (χ1) is 12.8. The summed E-state index contributed by atoms with van der Waals surface area (Å²) in [5.41, 5.74) is 1.95. The minimum atomic E-state index is -0.762. The summed E-state index contributed by atoms with van der Waals surface area (Å²) in [5, 5.41) is 3.19. The molecule has 0 aliphatic heterocycles. The van der Waals surface area contributed by atoms with Gasteiger partial charge in [0, 0.05) is 29.8 Å². The number of aryl methyl sites for hydroxylation is 2. The van der Waals surface area contributed by atoms with Crippen molar-refractivity contribution >= 4 is 28.5 Å². The van der Waals surface area contributed by atoms with Crippen molar-refractivity contribution in [2.24, 2.45) is 0 Å². The van der Waals surface area contributed by atoms with Crippen molar-refractivity contribution in [1.29, 1.82) is 0 Å². The second-order valence-electron chi connectivity index (χ2n) is 6.16. The second kappa shape index (κ2) is 7.41. The first-order valence-electron chi connectivity index (χ1n) is 8.29. The van der Waals surface area contributed by atoms with Crippen LogP contribution in [0.25, 0.3) is 11.0 Å². The van der Waals surface area contributed by atoms with Gasteiger partial charge in [0.15, 0.2) is 5.58 Å². The second-order valence-corrected chi connectivity index (χ2v) is 6.16. The molecule has 2 heterocycles. The first kappa shape index (κ1) is 18.3. The van der Waals surface area contributed by atoms with E-state index in [1.165, 1.54) is 19.2 Å². The van der Waals surface area contributed by atoms with Crippen molar-refractivity contribution in [3.8, 4) is 0 Å². The van der Waals surface area contributed by atoms with E-state index in [1.54, 1.807) is 25.1 Å². The molecule has 7 heteroatoms. The fraction of sp³-hybridized carbons (Fsp3) is 0.200. The highest BCUT2D eigenvalue weighted by molar-refractivity contribution is 6.05. The molecule has 0 aliphatic carbocycles. The quantitative estimate of drug-likeness (QED) is 0.712. The van der Waals surface area contributed by atoms with Crippen molar-refractivity contribution < 1.29 is 18.7 Å². The van der Waals surface area contributed by atoms with Crippen molar-refractivity contribution in [3.05, 3.63) is 69.3 Å². The normalized spacial score (nSPS) is 10.6. The maximum Gasteiger partial charge on any atom is 0.349 e. The number of nitrogens with one attached hydrogen (secondary N) is 1. The van der Waals surface area contributed by atoms with Crippen LogP contribution in [-0.4, -0.2) is 16.9 Å². The molecule has 0 aliphatic rings. The lowest BCUT2D eigenvalue weighted by molar-refractivity contribution is -0.142. The van der Waals surface area contributed by atoms with Crippen molar-refractivity contribution in [3.63, 3.8) is 0 Å². The molecule has 7 nitrogen and oxygen atoms in total. The molecule has 0 spiro atoms. The van der Waals surface area contributed by atoms with Crippen LogP contribution in [0.2, 0.25) is 0 Å². The fourth-order valence-corrected chi connectivity index (χ4v) is 2.66. The number of amides is 1. The lowest BCUT2D eigenvalue weighted by atomic mass is 10.1. The van der Waals surface area contributed by atoms with Gasteiger partial charge in [-0.3, -0.25) is 14.6 Å². The highest BCUT2D eigenvalue weighted by Gasteiger charge is 2.17. The number of pyridine rings is 1. The third-order valence-corrected chi connectivity index (χ3v) is 3.99. The van der Waals surface area contributed by atoms with E-state index in [0.717, 1.165) is 5.56 Å². The van der Waals surface area contributed by atoms with E-state index in [-0.39, 0.29) is 17.8 Å². The van der Waals surface area contributed by atoms with Crippen LogP contribution in [0.4, 0.5) is 5.69 Å². The number of rotatable bonds is 4. The smallest absolute Gasteiger partial charge is 0.349 e. The highest BCUT2D eigenvalue weighted by atomic mass is 16.5. The number of esters is 1. The van der Waals surface area contributed by atoms with E-state index in [2.05, 4.69) is 10.3 Å². The summed E-state index contributed by atoms with van der Waals surface area (Å²) in [4.78, 5) is 40.2. The Bertz CT molecular complexity index is 1100. The molecular weight excluding hydrogens is 348 g/mol. The van der Waals surface area contributed by atoms with Crippen molar-refractivity contribution in [2.45, 2.75) is 27.4 Å². The van der Waals surface area contributed by atoms with E-state index >= 15 is 0 Å². The molecular formula is C20H18N2O5. The summed E-state index contributed by atoms with van der Waals surface area (Å²) in [6.07, 6.45) is 1.53. The number of nitrogens with zero attached hydrogens (tertiary/aromatic N) is 1. The number of aromatic nitrogens is 1. The molecule has 138 valence electrons. The molecule has 2 aromatic heterocycles. The Morgan fingerprint density at radius 3 is 2.70 bits per heavy atom. The SMILES string of the molecule is CC(=O)OCc1cnc(C)c2oc(=O)c(C(=O)Nc3cccc(C)c3)cc12. The van der Waals surface area contributed by atoms with E-state index in [1.807, 2.05) is 13.0 Å². The number of carbonyl (C=O) groups excluding carboxylic acids is 2. The number of ether oxygens (including phenoxy) is 1. The van der Waals surface area contributed by atoms with Gasteiger partial charge >= 0.3 is 11.6 Å². The van der Waals surface area contributed by atoms with Gasteiger partial charge in [-0.05, 0) is 37.6 Å². The zero-order chi connectivity index (χ0) is 19.6. The van der Waals surface area contributed by atoms with E-state index in [0.29, 0.717) is 22.3 Å². The molecule has 1 amide bonds. The number of carbonyl (C=O) groups is 2. The Morgan fingerprint density at radius 1 is 1.22 bits per heavy atom. The minimum absolute atomic E-state index is 0.0359.